The highest BCUT2D eigenvalue weighted by molar-refractivity contribution is 7.89. The number of benzene rings is 2. The van der Waals surface area contributed by atoms with E-state index < -0.39 is 20.7 Å². The zero-order chi connectivity index (χ0) is 21.7. The monoisotopic (exact) mass is 433 g/mol. The fourth-order valence-corrected chi connectivity index (χ4v) is 4.33. The van der Waals surface area contributed by atoms with Crippen LogP contribution < -0.4 is 9.47 Å². The summed E-state index contributed by atoms with van der Waals surface area (Å²) < 4.78 is 51.3. The normalized spacial score (nSPS) is 11.6. The zero-order valence-electron chi connectivity index (χ0n) is 17.1. The molecule has 0 unspecified atom stereocenters. The number of aromatic amines is 1. The maximum absolute atomic E-state index is 14.4. The Bertz CT molecular complexity index is 1100. The molecule has 0 aliphatic heterocycles. The van der Waals surface area contributed by atoms with E-state index in [4.69, 9.17) is 9.47 Å². The van der Waals surface area contributed by atoms with Crippen molar-refractivity contribution in [3.63, 3.8) is 0 Å². The molecule has 0 fully saturated rings. The number of nitrogens with one attached hydrogen (secondary N) is 1. The average molecular weight is 434 g/mol. The second-order valence-electron chi connectivity index (χ2n) is 6.71. The first-order chi connectivity index (χ1) is 14.4. The van der Waals surface area contributed by atoms with E-state index in [1.807, 2.05) is 36.4 Å². The summed E-state index contributed by atoms with van der Waals surface area (Å²) in [5, 5.41) is 7.27. The molecule has 9 heteroatoms. The van der Waals surface area contributed by atoms with Gasteiger partial charge in [-0.15, -0.1) is 0 Å². The van der Waals surface area contributed by atoms with Crippen LogP contribution in [-0.2, 0) is 16.4 Å². The molecule has 30 heavy (non-hydrogen) atoms. The molecule has 3 rings (SSSR count). The molecule has 0 saturated heterocycles. The van der Waals surface area contributed by atoms with Crippen molar-refractivity contribution < 1.29 is 22.3 Å². The number of nitrogens with zero attached hydrogens (tertiary/aromatic N) is 2. The Kier molecular flexibility index (Phi) is 6.73. The van der Waals surface area contributed by atoms with Gasteiger partial charge in [0.05, 0.1) is 19.9 Å². The maximum Gasteiger partial charge on any atom is 0.245 e. The van der Waals surface area contributed by atoms with Crippen LogP contribution in [0.25, 0.3) is 11.3 Å². The lowest BCUT2D eigenvalue weighted by atomic mass is 10.1. The fourth-order valence-electron chi connectivity index (χ4n) is 3.06. The molecule has 0 spiro atoms. The van der Waals surface area contributed by atoms with Gasteiger partial charge in [0, 0.05) is 37.0 Å². The van der Waals surface area contributed by atoms with Gasteiger partial charge in [-0.25, -0.2) is 17.1 Å². The number of ether oxygens (including phenoxy) is 2. The smallest absolute Gasteiger partial charge is 0.245 e. The summed E-state index contributed by atoms with van der Waals surface area (Å²) in [5.41, 5.74) is 2.74. The van der Waals surface area contributed by atoms with Crippen LogP contribution in [0.2, 0.25) is 0 Å². The molecule has 0 radical (unpaired) electrons. The van der Waals surface area contributed by atoms with E-state index in [2.05, 4.69) is 10.2 Å². The van der Waals surface area contributed by atoms with Crippen molar-refractivity contribution in [1.29, 1.82) is 0 Å². The number of halogens is 1. The van der Waals surface area contributed by atoms with Gasteiger partial charge in [-0.2, -0.15) is 5.10 Å². The van der Waals surface area contributed by atoms with Crippen LogP contribution in [0.5, 0.6) is 11.5 Å². The predicted octanol–water partition coefficient (Wildman–Crippen LogP) is 3.49. The van der Waals surface area contributed by atoms with Gasteiger partial charge in [0.2, 0.25) is 10.0 Å². The van der Waals surface area contributed by atoms with Gasteiger partial charge in [-0.3, -0.25) is 5.10 Å². The molecule has 1 aromatic heterocycles. The second-order valence-corrected chi connectivity index (χ2v) is 8.73. The first-order valence-corrected chi connectivity index (χ1v) is 10.8. The number of sulfonamides is 1. The van der Waals surface area contributed by atoms with Crippen molar-refractivity contribution in [3.05, 3.63) is 60.0 Å². The van der Waals surface area contributed by atoms with Crippen molar-refractivity contribution in [1.82, 2.24) is 14.5 Å². The molecule has 7 nitrogen and oxygen atoms in total. The van der Waals surface area contributed by atoms with Crippen LogP contribution in [0.3, 0.4) is 0 Å². The van der Waals surface area contributed by atoms with Crippen molar-refractivity contribution >= 4 is 10.0 Å². The van der Waals surface area contributed by atoms with E-state index in [9.17, 15) is 12.8 Å². The number of hydrogen-bond acceptors (Lipinski definition) is 5. The first-order valence-electron chi connectivity index (χ1n) is 9.34. The fraction of sp³-hybridized carbons (Fsp3) is 0.286. The molecule has 1 heterocycles. The third-order valence-electron chi connectivity index (χ3n) is 4.75. The number of H-pyrrole nitrogens is 1. The van der Waals surface area contributed by atoms with Crippen LogP contribution in [0.15, 0.2) is 53.4 Å². The van der Waals surface area contributed by atoms with E-state index in [-0.39, 0.29) is 18.0 Å². The molecule has 3 aromatic rings. The lowest BCUT2D eigenvalue weighted by Gasteiger charge is -2.18. The van der Waals surface area contributed by atoms with Crippen molar-refractivity contribution in [2.45, 2.75) is 17.7 Å². The third-order valence-corrected chi connectivity index (χ3v) is 6.62. The Balaban J connectivity index is 1.66. The molecule has 0 amide bonds. The second kappa shape index (κ2) is 9.27. The SMILES string of the molecule is COc1cc(F)c(S(=O)(=O)N(C)CCCc2cc(-c3ccccc3)n[nH]2)cc1OC. The molecule has 0 aliphatic rings. The number of hydrogen-bond donors (Lipinski definition) is 1. The largest absolute Gasteiger partial charge is 0.493 e. The van der Waals surface area contributed by atoms with Gasteiger partial charge in [0.1, 0.15) is 10.7 Å². The summed E-state index contributed by atoms with van der Waals surface area (Å²) in [7, 11) is 0.124. The van der Waals surface area contributed by atoms with Gasteiger partial charge >= 0.3 is 0 Å². The molecule has 0 atom stereocenters. The highest BCUT2D eigenvalue weighted by Gasteiger charge is 2.26. The first kappa shape index (κ1) is 21.8. The van der Waals surface area contributed by atoms with Gasteiger partial charge < -0.3 is 9.47 Å². The van der Waals surface area contributed by atoms with Crippen LogP contribution in [0.4, 0.5) is 4.39 Å². The maximum atomic E-state index is 14.4. The molecule has 0 aliphatic carbocycles. The topological polar surface area (TPSA) is 84.5 Å². The molecule has 160 valence electrons. The zero-order valence-corrected chi connectivity index (χ0v) is 17.9. The minimum atomic E-state index is -4.02. The quantitative estimate of drug-likeness (QED) is 0.558. The molecule has 2 aromatic carbocycles. The number of aryl methyl sites for hydroxylation is 1. The molecular formula is C21H24FN3O4S. The van der Waals surface area contributed by atoms with Gasteiger partial charge in [0.15, 0.2) is 11.5 Å². The standard InChI is InChI=1S/C21H24FN3O4S/c1-25(30(26,27)21-14-20(29-3)19(28-2)13-17(21)22)11-7-10-16-12-18(24-23-16)15-8-5-4-6-9-15/h4-6,8-9,12-14H,7,10-11H2,1-3H3,(H,23,24). The highest BCUT2D eigenvalue weighted by Crippen LogP contribution is 2.33. The van der Waals surface area contributed by atoms with Crippen LogP contribution in [-0.4, -0.2) is 50.7 Å². The number of aromatic nitrogens is 2. The van der Waals surface area contributed by atoms with Crippen LogP contribution in [0, 0.1) is 5.82 Å². The summed E-state index contributed by atoms with van der Waals surface area (Å²) in [6.45, 7) is 0.218. The van der Waals surface area contributed by atoms with Crippen LogP contribution in [0.1, 0.15) is 12.1 Å². The van der Waals surface area contributed by atoms with E-state index in [0.717, 1.165) is 33.4 Å². The number of rotatable bonds is 9. The van der Waals surface area contributed by atoms with Crippen LogP contribution >= 0.6 is 0 Å². The summed E-state index contributed by atoms with van der Waals surface area (Å²) in [6, 6.07) is 13.9. The van der Waals surface area contributed by atoms with Crippen molar-refractivity contribution in [2.75, 3.05) is 27.8 Å². The molecular weight excluding hydrogens is 409 g/mol. The molecule has 1 N–H and O–H groups in total. The summed E-state index contributed by atoms with van der Waals surface area (Å²) in [6.07, 6.45) is 1.15. The Morgan fingerprint density at radius 3 is 2.40 bits per heavy atom. The molecule has 0 bridgehead atoms. The minimum absolute atomic E-state index is 0.130. The van der Waals surface area contributed by atoms with E-state index >= 15 is 0 Å². The lowest BCUT2D eigenvalue weighted by molar-refractivity contribution is 0.349. The predicted molar refractivity (Wildman–Crippen MR) is 112 cm³/mol. The Morgan fingerprint density at radius 1 is 1.07 bits per heavy atom. The summed E-state index contributed by atoms with van der Waals surface area (Å²) >= 11 is 0. The third kappa shape index (κ3) is 4.63. The summed E-state index contributed by atoms with van der Waals surface area (Å²) in [4.78, 5) is -0.449. The Labute approximate surface area is 175 Å². The van der Waals surface area contributed by atoms with Gasteiger partial charge in [-0.1, -0.05) is 30.3 Å². The van der Waals surface area contributed by atoms with E-state index in [0.29, 0.717) is 12.8 Å². The van der Waals surface area contributed by atoms with Gasteiger partial charge in [-0.05, 0) is 18.9 Å². The summed E-state index contributed by atoms with van der Waals surface area (Å²) in [5.74, 6) is -0.609. The molecule has 0 saturated carbocycles. The Hall–Kier alpha value is -2.91. The number of methoxy groups -OCH3 is 2. The Morgan fingerprint density at radius 2 is 1.73 bits per heavy atom. The van der Waals surface area contributed by atoms with Crippen molar-refractivity contribution in [3.8, 4) is 22.8 Å². The van der Waals surface area contributed by atoms with Crippen molar-refractivity contribution in [2.24, 2.45) is 0 Å². The average Bonchev–Trinajstić information content (AvgIpc) is 3.22. The lowest BCUT2D eigenvalue weighted by Crippen LogP contribution is -2.29. The highest BCUT2D eigenvalue weighted by atomic mass is 32.2. The minimum Gasteiger partial charge on any atom is -0.493 e. The van der Waals surface area contributed by atoms with E-state index in [1.54, 1.807) is 0 Å². The van der Waals surface area contributed by atoms with E-state index in [1.165, 1.54) is 21.3 Å². The van der Waals surface area contributed by atoms with Gasteiger partial charge in [0.25, 0.3) is 0 Å².